The topological polar surface area (TPSA) is 20.3 Å². The van der Waals surface area contributed by atoms with Gasteiger partial charge in [0.1, 0.15) is 0 Å². The van der Waals surface area contributed by atoms with Crippen LogP contribution in [-0.4, -0.2) is 45.6 Å². The minimum atomic E-state index is -0.630. The van der Waals surface area contributed by atoms with E-state index in [-0.39, 0.29) is 0 Å². The van der Waals surface area contributed by atoms with Crippen LogP contribution in [0, 0.1) is 0 Å². The van der Waals surface area contributed by atoms with Crippen molar-refractivity contribution in [1.29, 1.82) is 0 Å². The Morgan fingerprint density at radius 3 is 2.91 bits per heavy atom. The minimum Gasteiger partial charge on any atom is -0.301 e. The van der Waals surface area contributed by atoms with Crippen LogP contribution in [-0.2, 0) is 10.8 Å². The van der Waals surface area contributed by atoms with Crippen LogP contribution >= 0.6 is 15.9 Å². The Hall–Kier alpha value is 0.590. The predicted octanol–water partition coefficient (Wildman–Crippen LogP) is 0.834. The maximum atomic E-state index is 10.8. The molecular formula is C7H14BrNOS. The molecule has 66 valence electrons. The summed E-state index contributed by atoms with van der Waals surface area (Å²) < 4.78 is 10.8. The summed E-state index contributed by atoms with van der Waals surface area (Å²) >= 11 is 3.57. The van der Waals surface area contributed by atoms with E-state index in [4.69, 9.17) is 0 Å². The molecule has 0 bridgehead atoms. The highest BCUT2D eigenvalue weighted by Gasteiger charge is 2.19. The van der Waals surface area contributed by atoms with Crippen molar-refractivity contribution < 1.29 is 4.21 Å². The zero-order valence-corrected chi connectivity index (χ0v) is 9.16. The molecule has 1 fully saturated rings. The lowest BCUT2D eigenvalue weighted by Crippen LogP contribution is -2.25. The smallest absolute Gasteiger partial charge is 0.0359 e. The summed E-state index contributed by atoms with van der Waals surface area (Å²) in [4.78, 5) is 3.02. The van der Waals surface area contributed by atoms with E-state index in [1.54, 1.807) is 6.26 Å². The number of hydrogen-bond donors (Lipinski definition) is 0. The highest BCUT2D eigenvalue weighted by molar-refractivity contribution is 9.09. The van der Waals surface area contributed by atoms with Gasteiger partial charge in [-0.2, -0.15) is 0 Å². The van der Waals surface area contributed by atoms with Gasteiger partial charge in [0, 0.05) is 40.7 Å². The summed E-state index contributed by atoms with van der Waals surface area (Å²) in [6, 6.07) is 0. The van der Waals surface area contributed by atoms with Crippen molar-refractivity contribution in [2.45, 2.75) is 11.2 Å². The third-order valence-electron chi connectivity index (χ3n) is 1.91. The molecule has 0 aromatic heterocycles. The molecule has 1 aliphatic heterocycles. The van der Waals surface area contributed by atoms with Gasteiger partial charge in [-0.15, -0.1) is 0 Å². The fourth-order valence-corrected chi connectivity index (χ4v) is 2.38. The molecule has 1 heterocycles. The standard InChI is InChI=1S/C7H14BrNOS/c1-11(10)5-4-9-3-2-7(8)6-9/h7H,2-6H2,1H3. The Bertz CT molecular complexity index is 153. The van der Waals surface area contributed by atoms with E-state index in [1.807, 2.05) is 0 Å². The zero-order valence-electron chi connectivity index (χ0n) is 6.75. The van der Waals surface area contributed by atoms with Crippen molar-refractivity contribution in [1.82, 2.24) is 4.90 Å². The first kappa shape index (κ1) is 9.68. The quantitative estimate of drug-likeness (QED) is 0.681. The molecule has 0 aromatic rings. The first-order chi connectivity index (χ1) is 5.18. The lowest BCUT2D eigenvalue weighted by atomic mass is 10.4. The third-order valence-corrected chi connectivity index (χ3v) is 3.41. The SMILES string of the molecule is CS(=O)CCN1CCC(Br)C1. The van der Waals surface area contributed by atoms with Crippen molar-refractivity contribution in [3.05, 3.63) is 0 Å². The maximum absolute atomic E-state index is 10.8. The molecule has 0 spiro atoms. The number of alkyl halides is 1. The van der Waals surface area contributed by atoms with Gasteiger partial charge in [0.15, 0.2) is 0 Å². The van der Waals surface area contributed by atoms with Crippen LogP contribution < -0.4 is 0 Å². The summed E-state index contributed by atoms with van der Waals surface area (Å²) in [5.74, 6) is 0.819. The van der Waals surface area contributed by atoms with Gasteiger partial charge in [-0.1, -0.05) is 15.9 Å². The van der Waals surface area contributed by atoms with Crippen molar-refractivity contribution in [2.75, 3.05) is 31.6 Å². The fraction of sp³-hybridized carbons (Fsp3) is 1.00. The van der Waals surface area contributed by atoms with Gasteiger partial charge in [0.05, 0.1) is 0 Å². The number of hydrogen-bond acceptors (Lipinski definition) is 2. The van der Waals surface area contributed by atoms with E-state index in [1.165, 1.54) is 6.42 Å². The van der Waals surface area contributed by atoms with Crippen LogP contribution in [0.25, 0.3) is 0 Å². The monoisotopic (exact) mass is 239 g/mol. The number of nitrogens with zero attached hydrogens (tertiary/aromatic N) is 1. The largest absolute Gasteiger partial charge is 0.301 e. The second kappa shape index (κ2) is 4.58. The molecular weight excluding hydrogens is 226 g/mol. The zero-order chi connectivity index (χ0) is 8.27. The van der Waals surface area contributed by atoms with Crippen molar-refractivity contribution in [3.8, 4) is 0 Å². The minimum absolute atomic E-state index is 0.630. The third kappa shape index (κ3) is 3.67. The molecule has 0 radical (unpaired) electrons. The predicted molar refractivity (Wildman–Crippen MR) is 52.7 cm³/mol. The Kier molecular flexibility index (Phi) is 4.02. The Labute approximate surface area is 78.9 Å². The van der Waals surface area contributed by atoms with Gasteiger partial charge in [-0.3, -0.25) is 4.21 Å². The van der Waals surface area contributed by atoms with Gasteiger partial charge < -0.3 is 4.90 Å². The van der Waals surface area contributed by atoms with E-state index in [9.17, 15) is 4.21 Å². The highest BCUT2D eigenvalue weighted by Crippen LogP contribution is 2.15. The summed E-state index contributed by atoms with van der Waals surface area (Å²) in [5.41, 5.74) is 0. The molecule has 2 atom stereocenters. The van der Waals surface area contributed by atoms with Gasteiger partial charge in [-0.05, 0) is 13.0 Å². The summed E-state index contributed by atoms with van der Waals surface area (Å²) in [5, 5.41) is 0. The normalized spacial score (nSPS) is 29.1. The van der Waals surface area contributed by atoms with E-state index in [0.29, 0.717) is 4.83 Å². The Morgan fingerprint density at radius 2 is 2.45 bits per heavy atom. The molecule has 0 amide bonds. The lowest BCUT2D eigenvalue weighted by Gasteiger charge is -2.12. The Morgan fingerprint density at radius 1 is 1.73 bits per heavy atom. The number of likely N-dealkylation sites (tertiary alicyclic amines) is 1. The van der Waals surface area contributed by atoms with Crippen LogP contribution in [0.15, 0.2) is 0 Å². The van der Waals surface area contributed by atoms with Crippen molar-refractivity contribution >= 4 is 26.7 Å². The summed E-state index contributed by atoms with van der Waals surface area (Å²) in [6.45, 7) is 3.27. The maximum Gasteiger partial charge on any atom is 0.0359 e. The lowest BCUT2D eigenvalue weighted by molar-refractivity contribution is 0.362. The highest BCUT2D eigenvalue weighted by atomic mass is 79.9. The fourth-order valence-electron chi connectivity index (χ4n) is 1.25. The van der Waals surface area contributed by atoms with Crippen molar-refractivity contribution in [2.24, 2.45) is 0 Å². The van der Waals surface area contributed by atoms with E-state index < -0.39 is 10.8 Å². The molecule has 1 aliphatic rings. The summed E-state index contributed by atoms with van der Waals surface area (Å²) in [7, 11) is -0.630. The number of rotatable bonds is 3. The molecule has 0 saturated carbocycles. The molecule has 4 heteroatoms. The molecule has 0 aromatic carbocycles. The van der Waals surface area contributed by atoms with E-state index in [0.717, 1.165) is 25.4 Å². The van der Waals surface area contributed by atoms with Crippen LogP contribution in [0.2, 0.25) is 0 Å². The molecule has 1 saturated heterocycles. The van der Waals surface area contributed by atoms with Crippen LogP contribution in [0.4, 0.5) is 0 Å². The molecule has 0 N–H and O–H groups in total. The molecule has 1 rings (SSSR count). The second-order valence-electron chi connectivity index (χ2n) is 2.96. The number of halogens is 1. The van der Waals surface area contributed by atoms with Gasteiger partial charge in [0.25, 0.3) is 0 Å². The Balaban J connectivity index is 2.13. The van der Waals surface area contributed by atoms with E-state index in [2.05, 4.69) is 20.8 Å². The molecule has 2 nitrogen and oxygen atoms in total. The molecule has 0 aliphatic carbocycles. The average molecular weight is 240 g/mol. The van der Waals surface area contributed by atoms with Gasteiger partial charge in [0.2, 0.25) is 0 Å². The average Bonchev–Trinajstić information content (AvgIpc) is 2.31. The molecule has 2 unspecified atom stereocenters. The second-order valence-corrected chi connectivity index (χ2v) is 5.81. The summed E-state index contributed by atoms with van der Waals surface area (Å²) in [6.07, 6.45) is 3.00. The van der Waals surface area contributed by atoms with Crippen molar-refractivity contribution in [3.63, 3.8) is 0 Å². The van der Waals surface area contributed by atoms with Gasteiger partial charge >= 0.3 is 0 Å². The first-order valence-electron chi connectivity index (χ1n) is 3.85. The first-order valence-corrected chi connectivity index (χ1v) is 6.49. The van der Waals surface area contributed by atoms with Crippen LogP contribution in [0.3, 0.4) is 0 Å². The van der Waals surface area contributed by atoms with Crippen LogP contribution in [0.5, 0.6) is 0 Å². The van der Waals surface area contributed by atoms with Crippen LogP contribution in [0.1, 0.15) is 6.42 Å². The molecule has 11 heavy (non-hydrogen) atoms. The van der Waals surface area contributed by atoms with E-state index >= 15 is 0 Å². The van der Waals surface area contributed by atoms with Gasteiger partial charge in [-0.25, -0.2) is 0 Å².